The molecule has 1 unspecified atom stereocenters. The van der Waals surface area contributed by atoms with Crippen molar-refractivity contribution >= 4 is 11.3 Å². The van der Waals surface area contributed by atoms with Gasteiger partial charge in [-0.05, 0) is 31.6 Å². The van der Waals surface area contributed by atoms with E-state index in [1.54, 1.807) is 11.3 Å². The van der Waals surface area contributed by atoms with E-state index >= 15 is 0 Å². The first-order valence-corrected chi connectivity index (χ1v) is 7.04. The van der Waals surface area contributed by atoms with E-state index in [9.17, 15) is 5.26 Å². The molecule has 4 heteroatoms. The van der Waals surface area contributed by atoms with Gasteiger partial charge < -0.3 is 4.90 Å². The van der Waals surface area contributed by atoms with Crippen molar-refractivity contribution in [3.63, 3.8) is 0 Å². The Hall–Kier alpha value is -0.890. The Kier molecular flexibility index (Phi) is 5.33. The molecule has 0 bridgehead atoms. The van der Waals surface area contributed by atoms with Crippen LogP contribution in [0, 0.1) is 11.3 Å². The predicted octanol–water partition coefficient (Wildman–Crippen LogP) is 2.76. The van der Waals surface area contributed by atoms with Crippen LogP contribution < -0.4 is 5.32 Å². The van der Waals surface area contributed by atoms with Gasteiger partial charge in [0.2, 0.25) is 0 Å². The molecule has 0 fully saturated rings. The topological polar surface area (TPSA) is 39.1 Å². The molecule has 0 radical (unpaired) electrons. The van der Waals surface area contributed by atoms with Gasteiger partial charge in [-0.25, -0.2) is 0 Å². The highest BCUT2D eigenvalue weighted by atomic mass is 32.1. The van der Waals surface area contributed by atoms with E-state index in [4.69, 9.17) is 0 Å². The van der Waals surface area contributed by atoms with Gasteiger partial charge in [-0.2, -0.15) is 5.26 Å². The monoisotopic (exact) mass is 265 g/mol. The first-order chi connectivity index (χ1) is 8.34. The summed E-state index contributed by atoms with van der Waals surface area (Å²) in [6, 6.07) is 6.36. The van der Waals surface area contributed by atoms with E-state index in [2.05, 4.69) is 49.2 Å². The van der Waals surface area contributed by atoms with Crippen LogP contribution >= 0.6 is 11.3 Å². The van der Waals surface area contributed by atoms with E-state index in [0.717, 1.165) is 18.0 Å². The predicted molar refractivity (Wildman–Crippen MR) is 77.9 cm³/mol. The number of nitrogens with zero attached hydrogens (tertiary/aromatic N) is 2. The van der Waals surface area contributed by atoms with Crippen molar-refractivity contribution in [1.82, 2.24) is 10.2 Å². The molecular weight excluding hydrogens is 242 g/mol. The Labute approximate surface area is 114 Å². The molecule has 1 rings (SSSR count). The van der Waals surface area contributed by atoms with Crippen molar-refractivity contribution in [3.8, 4) is 6.07 Å². The van der Waals surface area contributed by atoms with Crippen LogP contribution in [0.4, 0.5) is 0 Å². The molecule has 0 aliphatic rings. The van der Waals surface area contributed by atoms with Crippen LogP contribution in [0.25, 0.3) is 0 Å². The van der Waals surface area contributed by atoms with Gasteiger partial charge in [-0.15, -0.1) is 11.3 Å². The van der Waals surface area contributed by atoms with Gasteiger partial charge in [0.15, 0.2) is 0 Å². The Morgan fingerprint density at radius 1 is 1.39 bits per heavy atom. The number of rotatable bonds is 5. The van der Waals surface area contributed by atoms with Gasteiger partial charge in [0.05, 0.1) is 6.07 Å². The molecule has 0 aliphatic heterocycles. The summed E-state index contributed by atoms with van der Waals surface area (Å²) in [6.45, 7) is 8.36. The van der Waals surface area contributed by atoms with Crippen molar-refractivity contribution in [2.45, 2.75) is 32.2 Å². The Bertz CT molecular complexity index is 409. The molecule has 100 valence electrons. The number of nitrogens with one attached hydrogen (secondary N) is 1. The third-order valence-corrected chi connectivity index (χ3v) is 4.26. The molecular formula is C14H23N3S. The fourth-order valence-electron chi connectivity index (χ4n) is 1.55. The van der Waals surface area contributed by atoms with Crippen LogP contribution in [-0.2, 0) is 5.41 Å². The SMILES string of the molecule is CN(C)CCNC(C#N)c1ccc(C(C)(C)C)s1. The smallest absolute Gasteiger partial charge is 0.130 e. The fraction of sp³-hybridized carbons (Fsp3) is 0.643. The molecule has 3 nitrogen and oxygen atoms in total. The van der Waals surface area contributed by atoms with Gasteiger partial charge in [0.25, 0.3) is 0 Å². The molecule has 0 aliphatic carbocycles. The third kappa shape index (κ3) is 4.41. The van der Waals surface area contributed by atoms with Gasteiger partial charge in [0.1, 0.15) is 6.04 Å². The second-order valence-corrected chi connectivity index (χ2v) is 6.89. The minimum Gasteiger partial charge on any atom is -0.308 e. The maximum atomic E-state index is 9.24. The van der Waals surface area contributed by atoms with Gasteiger partial charge in [-0.3, -0.25) is 5.32 Å². The highest BCUT2D eigenvalue weighted by molar-refractivity contribution is 7.12. The van der Waals surface area contributed by atoms with E-state index < -0.39 is 0 Å². The van der Waals surface area contributed by atoms with Crippen molar-refractivity contribution in [2.24, 2.45) is 0 Å². The zero-order chi connectivity index (χ0) is 13.8. The van der Waals surface area contributed by atoms with Crippen molar-refractivity contribution < 1.29 is 0 Å². The molecule has 18 heavy (non-hydrogen) atoms. The molecule has 0 saturated heterocycles. The molecule has 1 N–H and O–H groups in total. The summed E-state index contributed by atoms with van der Waals surface area (Å²) >= 11 is 1.73. The first kappa shape index (κ1) is 15.2. The lowest BCUT2D eigenvalue weighted by atomic mass is 9.95. The quantitative estimate of drug-likeness (QED) is 0.890. The van der Waals surface area contributed by atoms with Gasteiger partial charge in [0, 0.05) is 22.8 Å². The van der Waals surface area contributed by atoms with E-state index in [1.165, 1.54) is 4.88 Å². The second kappa shape index (κ2) is 6.33. The van der Waals surface area contributed by atoms with Gasteiger partial charge >= 0.3 is 0 Å². The number of hydrogen-bond acceptors (Lipinski definition) is 4. The first-order valence-electron chi connectivity index (χ1n) is 6.22. The lowest BCUT2D eigenvalue weighted by molar-refractivity contribution is 0.395. The summed E-state index contributed by atoms with van der Waals surface area (Å²) in [4.78, 5) is 4.55. The summed E-state index contributed by atoms with van der Waals surface area (Å²) in [5.74, 6) is 0. The van der Waals surface area contributed by atoms with Gasteiger partial charge in [-0.1, -0.05) is 20.8 Å². The zero-order valence-electron chi connectivity index (χ0n) is 11.9. The third-order valence-electron chi connectivity index (χ3n) is 2.69. The molecule has 0 saturated carbocycles. The molecule has 0 amide bonds. The van der Waals surface area contributed by atoms with Crippen LogP contribution in [0.2, 0.25) is 0 Å². The van der Waals surface area contributed by atoms with Crippen molar-refractivity contribution in [3.05, 3.63) is 21.9 Å². The van der Waals surface area contributed by atoms with Crippen LogP contribution in [-0.4, -0.2) is 32.1 Å². The minimum absolute atomic E-state index is 0.159. The summed E-state index contributed by atoms with van der Waals surface area (Å²) in [5, 5.41) is 12.5. The maximum absolute atomic E-state index is 9.24. The molecule has 1 aromatic rings. The average Bonchev–Trinajstić information content (AvgIpc) is 2.72. The largest absolute Gasteiger partial charge is 0.308 e. The average molecular weight is 265 g/mol. The molecule has 1 heterocycles. The van der Waals surface area contributed by atoms with E-state index in [1.807, 2.05) is 14.1 Å². The number of likely N-dealkylation sites (N-methyl/N-ethyl adjacent to an activating group) is 1. The standard InChI is InChI=1S/C14H23N3S/c1-14(2,3)13-7-6-12(18-13)11(10-15)16-8-9-17(4)5/h6-7,11,16H,8-9H2,1-5H3. The lowest BCUT2D eigenvalue weighted by Gasteiger charge is -2.16. The zero-order valence-corrected chi connectivity index (χ0v) is 12.8. The molecule has 1 aromatic heterocycles. The van der Waals surface area contributed by atoms with Crippen LogP contribution in [0.1, 0.15) is 36.6 Å². The Morgan fingerprint density at radius 3 is 2.50 bits per heavy atom. The molecule has 0 spiro atoms. The summed E-state index contributed by atoms with van der Waals surface area (Å²) < 4.78 is 0. The maximum Gasteiger partial charge on any atom is 0.130 e. The summed E-state index contributed by atoms with van der Waals surface area (Å²) in [5.41, 5.74) is 0.159. The summed E-state index contributed by atoms with van der Waals surface area (Å²) in [7, 11) is 4.07. The minimum atomic E-state index is -0.189. The number of hydrogen-bond donors (Lipinski definition) is 1. The van der Waals surface area contributed by atoms with Crippen LogP contribution in [0.15, 0.2) is 12.1 Å². The van der Waals surface area contributed by atoms with Crippen LogP contribution in [0.3, 0.4) is 0 Å². The normalized spacial score (nSPS) is 13.6. The Balaban J connectivity index is 2.66. The Morgan fingerprint density at radius 2 is 2.06 bits per heavy atom. The van der Waals surface area contributed by atoms with E-state index in [0.29, 0.717) is 0 Å². The molecule has 0 aromatic carbocycles. The van der Waals surface area contributed by atoms with Crippen LogP contribution in [0.5, 0.6) is 0 Å². The second-order valence-electron chi connectivity index (χ2n) is 5.77. The fourth-order valence-corrected chi connectivity index (χ4v) is 2.64. The van der Waals surface area contributed by atoms with Crippen molar-refractivity contribution in [1.29, 1.82) is 5.26 Å². The summed E-state index contributed by atoms with van der Waals surface area (Å²) in [6.07, 6.45) is 0. The number of nitriles is 1. The number of thiophene rings is 1. The lowest BCUT2D eigenvalue weighted by Crippen LogP contribution is -2.28. The highest BCUT2D eigenvalue weighted by Gasteiger charge is 2.19. The van der Waals surface area contributed by atoms with E-state index in [-0.39, 0.29) is 11.5 Å². The van der Waals surface area contributed by atoms with Crippen molar-refractivity contribution in [2.75, 3.05) is 27.2 Å². The highest BCUT2D eigenvalue weighted by Crippen LogP contribution is 2.32. The molecule has 1 atom stereocenters.